The molecule has 0 aliphatic carbocycles. The molecule has 166 valence electrons. The van der Waals surface area contributed by atoms with E-state index < -0.39 is 0 Å². The molecule has 4 N–H and O–H groups in total. The maximum atomic E-state index is 12.7. The van der Waals surface area contributed by atoms with E-state index in [9.17, 15) is 4.79 Å². The molecule has 2 aromatic heterocycles. The Morgan fingerprint density at radius 2 is 1.94 bits per heavy atom. The van der Waals surface area contributed by atoms with Crippen LogP contribution in [0.2, 0.25) is 0 Å². The summed E-state index contributed by atoms with van der Waals surface area (Å²) in [5.74, 6) is -0.0308. The fourth-order valence-electron chi connectivity index (χ4n) is 3.95. The number of hydrogen-bond acceptors (Lipinski definition) is 5. The van der Waals surface area contributed by atoms with Crippen molar-refractivity contribution in [3.8, 4) is 0 Å². The van der Waals surface area contributed by atoms with Gasteiger partial charge in [0.05, 0.1) is 23.1 Å². The fourth-order valence-corrected chi connectivity index (χ4v) is 3.95. The summed E-state index contributed by atoms with van der Waals surface area (Å²) in [5.41, 5.74) is 8.37. The van der Waals surface area contributed by atoms with Crippen LogP contribution < -0.4 is 21.3 Å². The van der Waals surface area contributed by atoms with E-state index >= 15 is 0 Å². The number of imidazole rings is 1. The number of rotatable bonds is 5. The molecule has 1 aromatic carbocycles. The molecular weight excluding hydrogens is 412 g/mol. The minimum Gasteiger partial charge on any atom is -0.378 e. The molecule has 1 saturated heterocycles. The van der Waals surface area contributed by atoms with Crippen molar-refractivity contribution in [3.63, 3.8) is 0 Å². The zero-order chi connectivity index (χ0) is 21.3. The summed E-state index contributed by atoms with van der Waals surface area (Å²) in [6.45, 7) is 11.3. The summed E-state index contributed by atoms with van der Waals surface area (Å²) in [6.07, 6.45) is 1.95. The van der Waals surface area contributed by atoms with Gasteiger partial charge in [0.25, 0.3) is 0 Å². The van der Waals surface area contributed by atoms with Crippen molar-refractivity contribution in [3.05, 3.63) is 58.5 Å². The van der Waals surface area contributed by atoms with Gasteiger partial charge in [0.2, 0.25) is 5.91 Å². The molecule has 7 nitrogen and oxygen atoms in total. The molecule has 8 heteroatoms. The number of nitrogens with one attached hydrogen (secondary N) is 4. The van der Waals surface area contributed by atoms with E-state index in [0.29, 0.717) is 13.1 Å². The lowest BCUT2D eigenvalue weighted by Gasteiger charge is -2.23. The van der Waals surface area contributed by atoms with Crippen molar-refractivity contribution in [2.45, 2.75) is 40.3 Å². The summed E-state index contributed by atoms with van der Waals surface area (Å²) >= 11 is 0. The molecule has 4 rings (SSSR count). The highest BCUT2D eigenvalue weighted by Gasteiger charge is 2.21. The van der Waals surface area contributed by atoms with Crippen LogP contribution in [0, 0.1) is 27.7 Å². The van der Waals surface area contributed by atoms with E-state index in [-0.39, 0.29) is 24.4 Å². The quantitative estimate of drug-likeness (QED) is 0.488. The third-order valence-corrected chi connectivity index (χ3v) is 5.92. The van der Waals surface area contributed by atoms with E-state index in [0.717, 1.165) is 41.5 Å². The summed E-state index contributed by atoms with van der Waals surface area (Å²) in [5, 5.41) is 13.1. The van der Waals surface area contributed by atoms with Crippen molar-refractivity contribution >= 4 is 35.3 Å². The Morgan fingerprint density at radius 3 is 2.61 bits per heavy atom. The molecule has 31 heavy (non-hydrogen) atoms. The molecule has 3 aromatic rings. The Balaban J connectivity index is 0.00000272. The van der Waals surface area contributed by atoms with Gasteiger partial charge in [0.15, 0.2) is 5.65 Å². The highest BCUT2D eigenvalue weighted by Crippen LogP contribution is 2.26. The number of aromatic nitrogens is 2. The second-order valence-electron chi connectivity index (χ2n) is 8.04. The Labute approximate surface area is 189 Å². The largest absolute Gasteiger partial charge is 0.378 e. The standard InChI is InChI=1S/C23H30N6O.ClH/c1-14-6-5-7-15(2)19(14)11-26-20-10-18(13-29-17(4)16(3)27-22(20)29)28-23(30)21-12-24-8-9-25-21;/h5-7,10,13,21,24-26H,8-9,11-12H2,1-4H3,(H,28,30);1H/t21-;/m0./s1. The van der Waals surface area contributed by atoms with Crippen molar-refractivity contribution in [1.29, 1.82) is 0 Å². The number of nitrogens with zero attached hydrogens (tertiary/aromatic N) is 2. The summed E-state index contributed by atoms with van der Waals surface area (Å²) in [6, 6.07) is 8.09. The lowest BCUT2D eigenvalue weighted by Crippen LogP contribution is -2.54. The molecule has 0 unspecified atom stereocenters. The highest BCUT2D eigenvalue weighted by molar-refractivity contribution is 5.96. The number of hydrogen-bond donors (Lipinski definition) is 4. The number of carbonyl (C=O) groups is 1. The number of benzene rings is 1. The third kappa shape index (κ3) is 4.84. The van der Waals surface area contributed by atoms with Crippen molar-refractivity contribution in [2.75, 3.05) is 30.3 Å². The first-order valence-electron chi connectivity index (χ1n) is 10.5. The summed E-state index contributed by atoms with van der Waals surface area (Å²) < 4.78 is 2.05. The van der Waals surface area contributed by atoms with Gasteiger partial charge < -0.3 is 25.7 Å². The molecule has 0 spiro atoms. The zero-order valence-corrected chi connectivity index (χ0v) is 19.3. The Hall–Kier alpha value is -2.61. The first kappa shape index (κ1) is 23.1. The van der Waals surface area contributed by atoms with E-state index in [1.807, 2.05) is 30.5 Å². The first-order chi connectivity index (χ1) is 14.4. The third-order valence-electron chi connectivity index (χ3n) is 5.92. The topological polar surface area (TPSA) is 82.5 Å². The zero-order valence-electron chi connectivity index (χ0n) is 18.5. The molecule has 1 fully saturated rings. The Kier molecular flexibility index (Phi) is 7.20. The minimum absolute atomic E-state index is 0. The predicted octanol–water partition coefficient (Wildman–Crippen LogP) is 3.10. The van der Waals surface area contributed by atoms with Crippen LogP contribution in [0.1, 0.15) is 28.1 Å². The number of fused-ring (bicyclic) bond motifs is 1. The van der Waals surface area contributed by atoms with Gasteiger partial charge in [0, 0.05) is 38.1 Å². The summed E-state index contributed by atoms with van der Waals surface area (Å²) in [7, 11) is 0. The SMILES string of the molecule is Cc1cccc(C)c1CNc1cc(NC(=O)[C@@H]2CNCCN2)cn2c(C)c(C)nc12.Cl. The van der Waals surface area contributed by atoms with Gasteiger partial charge >= 0.3 is 0 Å². The van der Waals surface area contributed by atoms with E-state index in [1.165, 1.54) is 16.7 Å². The van der Waals surface area contributed by atoms with Crippen LogP contribution >= 0.6 is 12.4 Å². The number of amides is 1. The lowest BCUT2D eigenvalue weighted by atomic mass is 10.0. The molecule has 1 amide bonds. The summed E-state index contributed by atoms with van der Waals surface area (Å²) in [4.78, 5) is 17.5. The van der Waals surface area contributed by atoms with Gasteiger partial charge in [0.1, 0.15) is 0 Å². The number of pyridine rings is 1. The Morgan fingerprint density at radius 1 is 1.19 bits per heavy atom. The predicted molar refractivity (Wildman–Crippen MR) is 128 cm³/mol. The van der Waals surface area contributed by atoms with Crippen LogP contribution in [-0.2, 0) is 11.3 Å². The van der Waals surface area contributed by atoms with Crippen LogP contribution in [-0.4, -0.2) is 41.0 Å². The van der Waals surface area contributed by atoms with Gasteiger partial charge in [-0.3, -0.25) is 4.79 Å². The molecule has 1 atom stereocenters. The molecule has 1 aliphatic heterocycles. The lowest BCUT2D eigenvalue weighted by molar-refractivity contribution is -0.118. The number of anilines is 2. The number of carbonyl (C=O) groups excluding carboxylic acids is 1. The number of piperazine rings is 1. The van der Waals surface area contributed by atoms with E-state index in [4.69, 9.17) is 4.98 Å². The second kappa shape index (κ2) is 9.68. The average molecular weight is 443 g/mol. The minimum atomic E-state index is -0.230. The van der Waals surface area contributed by atoms with Crippen molar-refractivity contribution in [1.82, 2.24) is 20.0 Å². The average Bonchev–Trinajstić information content (AvgIpc) is 3.02. The van der Waals surface area contributed by atoms with Gasteiger partial charge in [-0.1, -0.05) is 18.2 Å². The fraction of sp³-hybridized carbons (Fsp3) is 0.391. The van der Waals surface area contributed by atoms with E-state index in [1.54, 1.807) is 0 Å². The van der Waals surface area contributed by atoms with Crippen molar-refractivity contribution < 1.29 is 4.79 Å². The highest BCUT2D eigenvalue weighted by atomic mass is 35.5. The Bertz CT molecular complexity index is 1070. The second-order valence-corrected chi connectivity index (χ2v) is 8.04. The molecular formula is C23H31ClN6O. The van der Waals surface area contributed by atoms with Gasteiger partial charge in [-0.15, -0.1) is 12.4 Å². The van der Waals surface area contributed by atoms with Crippen LogP contribution in [0.4, 0.5) is 11.4 Å². The molecule has 0 bridgehead atoms. The molecule has 0 saturated carbocycles. The molecule has 0 radical (unpaired) electrons. The van der Waals surface area contributed by atoms with Gasteiger partial charge in [-0.05, 0) is 50.5 Å². The smallest absolute Gasteiger partial charge is 0.242 e. The molecule has 1 aliphatic rings. The van der Waals surface area contributed by atoms with Crippen LogP contribution in [0.15, 0.2) is 30.5 Å². The van der Waals surface area contributed by atoms with Crippen LogP contribution in [0.25, 0.3) is 5.65 Å². The monoisotopic (exact) mass is 442 g/mol. The maximum Gasteiger partial charge on any atom is 0.242 e. The van der Waals surface area contributed by atoms with Gasteiger partial charge in [-0.25, -0.2) is 4.98 Å². The van der Waals surface area contributed by atoms with Crippen LogP contribution in [0.3, 0.4) is 0 Å². The molecule has 3 heterocycles. The maximum absolute atomic E-state index is 12.7. The number of halogens is 1. The van der Waals surface area contributed by atoms with Crippen LogP contribution in [0.5, 0.6) is 0 Å². The van der Waals surface area contributed by atoms with Crippen molar-refractivity contribution in [2.24, 2.45) is 0 Å². The normalized spacial score (nSPS) is 16.1. The van der Waals surface area contributed by atoms with E-state index in [2.05, 4.69) is 53.3 Å². The van der Waals surface area contributed by atoms with Gasteiger partial charge in [-0.2, -0.15) is 0 Å². The number of aryl methyl sites for hydroxylation is 4. The first-order valence-corrected chi connectivity index (χ1v) is 10.5.